The summed E-state index contributed by atoms with van der Waals surface area (Å²) in [6.07, 6.45) is 3.22. The molecule has 0 bridgehead atoms. The Bertz CT molecular complexity index is 353. The maximum absolute atomic E-state index is 9.24. The standard InChI is InChI=1S/C8H14O3.C7H9N/c9-7-1-3-8(4-2-7)10-5-6-11-8;8-6-7-4-2-1-3-5-7/h7,9H,1-6H2;1-5H,6,8H2. The Kier molecular flexibility index (Phi) is 5.34. The lowest BCUT2D eigenvalue weighted by atomic mass is 9.92. The third kappa shape index (κ3) is 4.28. The number of hydrogen-bond donors (Lipinski definition) is 2. The van der Waals surface area contributed by atoms with E-state index in [4.69, 9.17) is 15.2 Å². The lowest BCUT2D eigenvalue weighted by molar-refractivity contribution is -0.187. The number of rotatable bonds is 1. The molecule has 1 spiro atoms. The molecule has 2 fully saturated rings. The van der Waals surface area contributed by atoms with Crippen LogP contribution in [0.15, 0.2) is 30.3 Å². The highest BCUT2D eigenvalue weighted by Crippen LogP contribution is 2.35. The van der Waals surface area contributed by atoms with E-state index in [2.05, 4.69) is 0 Å². The second-order valence-electron chi connectivity index (χ2n) is 5.03. The van der Waals surface area contributed by atoms with E-state index in [-0.39, 0.29) is 11.9 Å². The van der Waals surface area contributed by atoms with Crippen molar-refractivity contribution in [2.24, 2.45) is 5.73 Å². The molecule has 3 rings (SSSR count). The predicted octanol–water partition coefficient (Wildman–Crippen LogP) is 1.81. The molecule has 1 saturated heterocycles. The van der Waals surface area contributed by atoms with Crippen molar-refractivity contribution in [3.05, 3.63) is 35.9 Å². The molecule has 4 heteroatoms. The first-order chi connectivity index (χ1) is 9.24. The fourth-order valence-electron chi connectivity index (χ4n) is 2.44. The quantitative estimate of drug-likeness (QED) is 0.813. The largest absolute Gasteiger partial charge is 0.393 e. The van der Waals surface area contributed by atoms with Crippen molar-refractivity contribution in [3.8, 4) is 0 Å². The summed E-state index contributed by atoms with van der Waals surface area (Å²) in [5.41, 5.74) is 6.54. The highest BCUT2D eigenvalue weighted by atomic mass is 16.7. The lowest BCUT2D eigenvalue weighted by Gasteiger charge is -2.33. The summed E-state index contributed by atoms with van der Waals surface area (Å²) in [5, 5.41) is 9.24. The molecule has 0 aromatic heterocycles. The molecule has 1 aliphatic heterocycles. The van der Waals surface area contributed by atoms with Crippen molar-refractivity contribution in [3.63, 3.8) is 0 Å². The molecule has 0 amide bonds. The molecule has 1 aromatic carbocycles. The Labute approximate surface area is 114 Å². The van der Waals surface area contributed by atoms with Crippen molar-refractivity contribution in [1.29, 1.82) is 0 Å². The molecule has 0 radical (unpaired) electrons. The molecule has 4 nitrogen and oxygen atoms in total. The van der Waals surface area contributed by atoms with Crippen LogP contribution in [-0.4, -0.2) is 30.2 Å². The van der Waals surface area contributed by atoms with Gasteiger partial charge in [0.1, 0.15) is 0 Å². The van der Waals surface area contributed by atoms with Gasteiger partial charge in [-0.1, -0.05) is 30.3 Å². The van der Waals surface area contributed by atoms with Gasteiger partial charge in [-0.05, 0) is 18.4 Å². The molecule has 0 unspecified atom stereocenters. The lowest BCUT2D eigenvalue weighted by Crippen LogP contribution is -2.36. The van der Waals surface area contributed by atoms with E-state index in [1.165, 1.54) is 5.56 Å². The molecule has 1 aliphatic carbocycles. The van der Waals surface area contributed by atoms with Crippen molar-refractivity contribution in [2.45, 2.75) is 44.1 Å². The second-order valence-corrected chi connectivity index (χ2v) is 5.03. The SMILES string of the molecule is NCc1ccccc1.OC1CCC2(CC1)OCCO2. The van der Waals surface area contributed by atoms with Crippen LogP contribution in [0, 0.1) is 0 Å². The molecule has 1 aromatic rings. The highest BCUT2D eigenvalue weighted by molar-refractivity contribution is 5.13. The molecule has 1 saturated carbocycles. The van der Waals surface area contributed by atoms with E-state index in [1.807, 2.05) is 30.3 Å². The van der Waals surface area contributed by atoms with Gasteiger partial charge in [0.2, 0.25) is 0 Å². The van der Waals surface area contributed by atoms with E-state index in [9.17, 15) is 5.11 Å². The van der Waals surface area contributed by atoms with Crippen LogP contribution < -0.4 is 5.73 Å². The van der Waals surface area contributed by atoms with Crippen LogP contribution in [0.1, 0.15) is 31.2 Å². The third-order valence-corrected chi connectivity index (χ3v) is 3.61. The summed E-state index contributed by atoms with van der Waals surface area (Å²) in [6, 6.07) is 9.99. The van der Waals surface area contributed by atoms with Gasteiger partial charge < -0.3 is 20.3 Å². The van der Waals surface area contributed by atoms with Crippen molar-refractivity contribution >= 4 is 0 Å². The Morgan fingerprint density at radius 2 is 1.68 bits per heavy atom. The topological polar surface area (TPSA) is 64.7 Å². The Morgan fingerprint density at radius 1 is 1.11 bits per heavy atom. The minimum absolute atomic E-state index is 0.131. The minimum atomic E-state index is -0.306. The second kappa shape index (κ2) is 7.01. The Hall–Kier alpha value is -0.940. The molecule has 106 valence electrons. The maximum atomic E-state index is 9.24. The number of aliphatic hydroxyl groups excluding tert-OH is 1. The first-order valence-corrected chi connectivity index (χ1v) is 6.94. The zero-order chi connectivity index (χ0) is 13.6. The monoisotopic (exact) mass is 265 g/mol. The van der Waals surface area contributed by atoms with Gasteiger partial charge in [0.25, 0.3) is 0 Å². The normalized spacial score (nSPS) is 22.0. The minimum Gasteiger partial charge on any atom is -0.393 e. The molecule has 2 aliphatic rings. The van der Waals surface area contributed by atoms with E-state index in [0.29, 0.717) is 6.54 Å². The molecular formula is C15H23NO3. The summed E-state index contributed by atoms with van der Waals surface area (Å²) in [6.45, 7) is 2.08. The zero-order valence-corrected chi connectivity index (χ0v) is 11.3. The van der Waals surface area contributed by atoms with Crippen LogP contribution in [0.25, 0.3) is 0 Å². The van der Waals surface area contributed by atoms with Crippen LogP contribution in [0.4, 0.5) is 0 Å². The fourth-order valence-corrected chi connectivity index (χ4v) is 2.44. The maximum Gasteiger partial charge on any atom is 0.168 e. The summed E-state index contributed by atoms with van der Waals surface area (Å²) in [7, 11) is 0. The first-order valence-electron chi connectivity index (χ1n) is 6.94. The van der Waals surface area contributed by atoms with Crippen molar-refractivity contribution in [2.75, 3.05) is 13.2 Å². The Morgan fingerprint density at radius 3 is 2.16 bits per heavy atom. The van der Waals surface area contributed by atoms with Crippen molar-refractivity contribution in [1.82, 2.24) is 0 Å². The summed E-state index contributed by atoms with van der Waals surface area (Å²) >= 11 is 0. The van der Waals surface area contributed by atoms with E-state index >= 15 is 0 Å². The summed E-state index contributed by atoms with van der Waals surface area (Å²) in [5.74, 6) is -0.306. The molecule has 19 heavy (non-hydrogen) atoms. The summed E-state index contributed by atoms with van der Waals surface area (Å²) in [4.78, 5) is 0. The van der Waals surface area contributed by atoms with Crippen LogP contribution >= 0.6 is 0 Å². The van der Waals surface area contributed by atoms with Crippen LogP contribution in [0.2, 0.25) is 0 Å². The molecule has 0 atom stereocenters. The van der Waals surface area contributed by atoms with E-state index in [0.717, 1.165) is 38.9 Å². The van der Waals surface area contributed by atoms with E-state index in [1.54, 1.807) is 0 Å². The van der Waals surface area contributed by atoms with Gasteiger partial charge in [-0.15, -0.1) is 0 Å². The zero-order valence-electron chi connectivity index (χ0n) is 11.3. The average Bonchev–Trinajstić information content (AvgIpc) is 2.93. The van der Waals surface area contributed by atoms with Crippen molar-refractivity contribution < 1.29 is 14.6 Å². The van der Waals surface area contributed by atoms with Gasteiger partial charge in [0.05, 0.1) is 19.3 Å². The van der Waals surface area contributed by atoms with Crippen LogP contribution in [-0.2, 0) is 16.0 Å². The van der Waals surface area contributed by atoms with Gasteiger partial charge in [-0.2, -0.15) is 0 Å². The van der Waals surface area contributed by atoms with Gasteiger partial charge in [0.15, 0.2) is 5.79 Å². The van der Waals surface area contributed by atoms with Crippen LogP contribution in [0.5, 0.6) is 0 Å². The smallest absolute Gasteiger partial charge is 0.168 e. The first kappa shape index (κ1) is 14.5. The third-order valence-electron chi connectivity index (χ3n) is 3.61. The predicted molar refractivity (Wildman–Crippen MR) is 73.4 cm³/mol. The van der Waals surface area contributed by atoms with Gasteiger partial charge in [-0.25, -0.2) is 0 Å². The Balaban J connectivity index is 0.000000148. The number of benzene rings is 1. The number of nitrogens with two attached hydrogens (primary N) is 1. The summed E-state index contributed by atoms with van der Waals surface area (Å²) < 4.78 is 11.0. The van der Waals surface area contributed by atoms with E-state index < -0.39 is 0 Å². The van der Waals surface area contributed by atoms with Gasteiger partial charge >= 0.3 is 0 Å². The number of hydrogen-bond acceptors (Lipinski definition) is 4. The number of aliphatic hydroxyl groups is 1. The molecule has 1 heterocycles. The average molecular weight is 265 g/mol. The molecule has 3 N–H and O–H groups in total. The highest BCUT2D eigenvalue weighted by Gasteiger charge is 2.39. The van der Waals surface area contributed by atoms with Gasteiger partial charge in [0, 0.05) is 19.4 Å². The van der Waals surface area contributed by atoms with Crippen LogP contribution in [0.3, 0.4) is 0 Å². The number of ether oxygens (including phenoxy) is 2. The fraction of sp³-hybridized carbons (Fsp3) is 0.600. The van der Waals surface area contributed by atoms with Gasteiger partial charge in [-0.3, -0.25) is 0 Å². The molecular weight excluding hydrogens is 242 g/mol.